The molecule has 0 aliphatic heterocycles. The van der Waals surface area contributed by atoms with E-state index in [9.17, 15) is 0 Å². The number of nitrogens with one attached hydrogen (secondary N) is 1. The van der Waals surface area contributed by atoms with Crippen LogP contribution in [-0.4, -0.2) is 9.97 Å². The van der Waals surface area contributed by atoms with Crippen LogP contribution in [0.5, 0.6) is 0 Å². The summed E-state index contributed by atoms with van der Waals surface area (Å²) in [5.74, 6) is 1.26. The van der Waals surface area contributed by atoms with Crippen LogP contribution < -0.4 is 5.73 Å². The van der Waals surface area contributed by atoms with Gasteiger partial charge in [-0.1, -0.05) is 0 Å². The second-order valence-electron chi connectivity index (χ2n) is 2.43. The lowest BCUT2D eigenvalue weighted by Crippen LogP contribution is -1.80. The van der Waals surface area contributed by atoms with Crippen LogP contribution in [0, 0.1) is 0 Å². The Hall–Kier alpha value is -1.41. The normalized spacial score (nSPS) is 10.3. The number of fused-ring (bicyclic) bond motifs is 1. The highest BCUT2D eigenvalue weighted by Crippen LogP contribution is 2.25. The van der Waals surface area contributed by atoms with Crippen LogP contribution in [0.3, 0.4) is 0 Å². The van der Waals surface area contributed by atoms with Crippen molar-refractivity contribution in [2.24, 2.45) is 4.74 Å². The molecule has 0 aromatic carbocycles. The van der Waals surface area contributed by atoms with Crippen molar-refractivity contribution in [1.82, 2.24) is 9.97 Å². The van der Waals surface area contributed by atoms with Gasteiger partial charge >= 0.3 is 0 Å². The Balaban J connectivity index is 2.86. The Morgan fingerprint density at radius 2 is 2.42 bits per heavy atom. The largest absolute Gasteiger partial charge is 0.385 e. The molecule has 0 saturated heterocycles. The van der Waals surface area contributed by atoms with Crippen molar-refractivity contribution in [2.75, 3.05) is 5.73 Å². The lowest BCUT2D eigenvalue weighted by atomic mass is 10.3. The molecule has 0 bridgehead atoms. The third kappa shape index (κ3) is 0.970. The van der Waals surface area contributed by atoms with Crippen LogP contribution >= 0.6 is 9.03 Å². The maximum Gasteiger partial charge on any atom is 0.165 e. The average molecular weight is 178 g/mol. The van der Waals surface area contributed by atoms with Gasteiger partial charge in [0.2, 0.25) is 0 Å². The zero-order valence-electron chi connectivity index (χ0n) is 6.20. The van der Waals surface area contributed by atoms with E-state index < -0.39 is 0 Å². The summed E-state index contributed by atoms with van der Waals surface area (Å²) in [4.78, 5) is 7.04. The fourth-order valence-electron chi connectivity index (χ4n) is 1.15. The fourth-order valence-corrected chi connectivity index (χ4v) is 1.33. The van der Waals surface area contributed by atoms with Crippen LogP contribution in [0.4, 0.5) is 11.6 Å². The molecule has 2 aromatic heterocycles. The number of aromatic amines is 1. The molecule has 2 heterocycles. The van der Waals surface area contributed by atoms with E-state index in [1.54, 1.807) is 12.3 Å². The number of pyridine rings is 1. The summed E-state index contributed by atoms with van der Waals surface area (Å²) in [5, 5.41) is 0.921. The summed E-state index contributed by atoms with van der Waals surface area (Å²) >= 11 is 0. The Labute approximate surface area is 71.1 Å². The maximum atomic E-state index is 5.57. The molecule has 2 aromatic rings. The number of nitrogen functional groups attached to an aromatic ring is 1. The first-order chi connectivity index (χ1) is 5.81. The van der Waals surface area contributed by atoms with Gasteiger partial charge < -0.3 is 10.7 Å². The number of anilines is 1. The van der Waals surface area contributed by atoms with Crippen molar-refractivity contribution in [3.8, 4) is 0 Å². The van der Waals surface area contributed by atoms with Gasteiger partial charge in [0.25, 0.3) is 0 Å². The zero-order chi connectivity index (χ0) is 8.55. The lowest BCUT2D eigenvalue weighted by Gasteiger charge is -1.91. The summed E-state index contributed by atoms with van der Waals surface area (Å²) in [5.41, 5.74) is 6.52. The first-order valence-electron chi connectivity index (χ1n) is 3.42. The summed E-state index contributed by atoms with van der Waals surface area (Å²) in [6.45, 7) is 0. The van der Waals surface area contributed by atoms with Crippen molar-refractivity contribution in [3.05, 3.63) is 18.3 Å². The average Bonchev–Trinajstić information content (AvgIpc) is 2.44. The highest BCUT2D eigenvalue weighted by Gasteiger charge is 2.02. The number of nitrogens with two attached hydrogens (primary N) is 1. The predicted molar refractivity (Wildman–Crippen MR) is 50.9 cm³/mol. The number of hydrogen-bond acceptors (Lipinski definition) is 3. The lowest BCUT2D eigenvalue weighted by molar-refractivity contribution is 1.32. The molecule has 0 amide bonds. The van der Waals surface area contributed by atoms with Crippen molar-refractivity contribution in [2.45, 2.75) is 0 Å². The first-order valence-corrected chi connectivity index (χ1v) is 3.86. The third-order valence-electron chi connectivity index (χ3n) is 1.65. The summed E-state index contributed by atoms with van der Waals surface area (Å²) in [6.07, 6.45) is 1.68. The zero-order valence-corrected chi connectivity index (χ0v) is 7.20. The quantitative estimate of drug-likeness (QED) is 0.656. The minimum atomic E-state index is 0.620. The van der Waals surface area contributed by atoms with Crippen LogP contribution in [0.15, 0.2) is 23.1 Å². The van der Waals surface area contributed by atoms with E-state index in [4.69, 9.17) is 5.73 Å². The summed E-state index contributed by atoms with van der Waals surface area (Å²) in [6, 6.07) is 3.66. The molecule has 0 radical (unpaired) electrons. The second kappa shape index (κ2) is 2.57. The molecule has 4 nitrogen and oxygen atoms in total. The van der Waals surface area contributed by atoms with Crippen LogP contribution in [0.1, 0.15) is 0 Å². The summed E-state index contributed by atoms with van der Waals surface area (Å²) < 4.78 is 3.83. The van der Waals surface area contributed by atoms with E-state index in [1.807, 2.05) is 6.07 Å². The Bertz CT molecular complexity index is 434. The third-order valence-corrected chi connectivity index (χ3v) is 1.87. The molecular weight excluding hydrogens is 171 g/mol. The fraction of sp³-hybridized carbons (Fsp3) is 0. The molecule has 0 spiro atoms. The molecule has 0 fully saturated rings. The predicted octanol–water partition coefficient (Wildman–Crippen LogP) is 2.10. The number of H-pyrrole nitrogens is 1. The van der Waals surface area contributed by atoms with Crippen LogP contribution in [0.2, 0.25) is 0 Å². The van der Waals surface area contributed by atoms with E-state index in [0.717, 1.165) is 10.9 Å². The van der Waals surface area contributed by atoms with Crippen LogP contribution in [0.25, 0.3) is 10.9 Å². The van der Waals surface area contributed by atoms with E-state index >= 15 is 0 Å². The standard InChI is InChI=1S/C7H7N4P/c8-6-3-4-5(10-6)1-2-9-7(4)11-12/h1-3,10,12H,8H2. The van der Waals surface area contributed by atoms with Crippen LogP contribution in [-0.2, 0) is 0 Å². The molecule has 0 aliphatic carbocycles. The Morgan fingerprint density at radius 3 is 3.17 bits per heavy atom. The van der Waals surface area contributed by atoms with Gasteiger partial charge in [-0.25, -0.2) is 9.73 Å². The molecule has 2 rings (SSSR count). The number of hydrogen-bond donors (Lipinski definition) is 2. The van der Waals surface area contributed by atoms with E-state index in [0.29, 0.717) is 11.6 Å². The summed E-state index contributed by atoms with van der Waals surface area (Å²) in [7, 11) is 3.04. The monoisotopic (exact) mass is 178 g/mol. The van der Waals surface area contributed by atoms with Crippen molar-refractivity contribution in [1.29, 1.82) is 0 Å². The van der Waals surface area contributed by atoms with E-state index in [-0.39, 0.29) is 0 Å². The Morgan fingerprint density at radius 1 is 1.58 bits per heavy atom. The van der Waals surface area contributed by atoms with E-state index in [1.165, 1.54) is 0 Å². The minimum absolute atomic E-state index is 0.620. The first kappa shape index (κ1) is 7.25. The molecule has 0 atom stereocenters. The molecule has 12 heavy (non-hydrogen) atoms. The molecule has 0 aliphatic rings. The van der Waals surface area contributed by atoms with Gasteiger partial charge in [-0.2, -0.15) is 0 Å². The molecule has 3 N–H and O–H groups in total. The van der Waals surface area contributed by atoms with Crippen molar-refractivity contribution in [3.63, 3.8) is 0 Å². The van der Waals surface area contributed by atoms with Gasteiger partial charge in [0, 0.05) is 11.6 Å². The molecular formula is C7H7N4P. The number of aromatic nitrogens is 2. The van der Waals surface area contributed by atoms with Crippen molar-refractivity contribution < 1.29 is 0 Å². The number of rotatable bonds is 1. The topological polar surface area (TPSA) is 67.1 Å². The van der Waals surface area contributed by atoms with Gasteiger partial charge in [-0.3, -0.25) is 0 Å². The molecule has 0 unspecified atom stereocenters. The SMILES string of the molecule is Nc1cc2c(N=P)nccc2[nH]1. The van der Waals surface area contributed by atoms with Gasteiger partial charge in [0.05, 0.1) is 5.52 Å². The number of nitrogens with zero attached hydrogens (tertiary/aromatic N) is 2. The maximum absolute atomic E-state index is 5.57. The highest BCUT2D eigenvalue weighted by molar-refractivity contribution is 7.04. The second-order valence-corrected chi connectivity index (χ2v) is 2.66. The smallest absolute Gasteiger partial charge is 0.165 e. The van der Waals surface area contributed by atoms with Gasteiger partial charge in [0.1, 0.15) is 5.82 Å². The molecule has 5 heteroatoms. The molecule has 60 valence electrons. The van der Waals surface area contributed by atoms with Gasteiger partial charge in [-0.15, -0.1) is 0 Å². The molecule has 0 saturated carbocycles. The van der Waals surface area contributed by atoms with Crippen molar-refractivity contribution >= 4 is 31.6 Å². The highest BCUT2D eigenvalue weighted by atomic mass is 31.0. The minimum Gasteiger partial charge on any atom is -0.385 e. The van der Waals surface area contributed by atoms with Gasteiger partial charge in [0.15, 0.2) is 5.82 Å². The van der Waals surface area contributed by atoms with Gasteiger partial charge in [-0.05, 0) is 21.2 Å². The Kier molecular flexibility index (Phi) is 1.55. The van der Waals surface area contributed by atoms with E-state index in [2.05, 4.69) is 23.7 Å².